The van der Waals surface area contributed by atoms with Crippen molar-refractivity contribution in [3.8, 4) is 5.75 Å². The number of alkyl halides is 2. The van der Waals surface area contributed by atoms with Crippen LogP contribution in [-0.2, 0) is 5.92 Å². The molecule has 84 valence electrons. The van der Waals surface area contributed by atoms with Gasteiger partial charge in [0.25, 0.3) is 5.92 Å². The van der Waals surface area contributed by atoms with Crippen LogP contribution in [0.1, 0.15) is 19.4 Å². The molecule has 1 N–H and O–H groups in total. The summed E-state index contributed by atoms with van der Waals surface area (Å²) < 4.78 is 31.8. The van der Waals surface area contributed by atoms with Crippen molar-refractivity contribution in [3.63, 3.8) is 0 Å². The van der Waals surface area contributed by atoms with Crippen LogP contribution in [0.25, 0.3) is 0 Å². The molecule has 4 heteroatoms. The van der Waals surface area contributed by atoms with Crippen LogP contribution in [0.15, 0.2) is 24.3 Å². The molecule has 15 heavy (non-hydrogen) atoms. The van der Waals surface area contributed by atoms with E-state index in [-0.39, 0.29) is 17.4 Å². The molecule has 1 aromatic rings. The Hall–Kier alpha value is -1.16. The Balaban J connectivity index is 3.06. The molecule has 0 aliphatic rings. The summed E-state index contributed by atoms with van der Waals surface area (Å²) in [5.41, 5.74) is -0.277. The standard InChI is InChI=1S/C11H14F2O2/c1-8(2)15-10-6-4-3-5-9(10)11(12,13)7-14/h3-6,8,14H,7H2,1-2H3. The molecular formula is C11H14F2O2. The maximum Gasteiger partial charge on any atom is 0.299 e. The smallest absolute Gasteiger partial charge is 0.299 e. The van der Waals surface area contributed by atoms with Gasteiger partial charge in [0.15, 0.2) is 0 Å². The van der Waals surface area contributed by atoms with Gasteiger partial charge in [-0.15, -0.1) is 0 Å². The molecule has 0 aromatic heterocycles. The zero-order valence-corrected chi connectivity index (χ0v) is 8.71. The predicted octanol–water partition coefficient (Wildman–Crippen LogP) is 2.56. The first-order chi connectivity index (χ1) is 6.97. The van der Waals surface area contributed by atoms with Crippen LogP contribution in [0.2, 0.25) is 0 Å². The van der Waals surface area contributed by atoms with Gasteiger partial charge in [0.1, 0.15) is 12.4 Å². The number of para-hydroxylation sites is 1. The van der Waals surface area contributed by atoms with Gasteiger partial charge in [0.2, 0.25) is 0 Å². The van der Waals surface area contributed by atoms with Gasteiger partial charge in [-0.05, 0) is 26.0 Å². The lowest BCUT2D eigenvalue weighted by atomic mass is 10.1. The number of rotatable bonds is 4. The molecule has 0 unspecified atom stereocenters. The Morgan fingerprint density at radius 3 is 2.47 bits per heavy atom. The molecule has 0 radical (unpaired) electrons. The molecule has 2 nitrogen and oxygen atoms in total. The summed E-state index contributed by atoms with van der Waals surface area (Å²) in [4.78, 5) is 0. The fourth-order valence-corrected chi connectivity index (χ4v) is 1.21. The number of aliphatic hydroxyl groups is 1. The number of benzene rings is 1. The first kappa shape index (κ1) is 11.9. The molecule has 0 aliphatic carbocycles. The molecule has 0 heterocycles. The van der Waals surface area contributed by atoms with E-state index < -0.39 is 12.5 Å². The molecule has 1 aromatic carbocycles. The van der Waals surface area contributed by atoms with Crippen molar-refractivity contribution in [2.45, 2.75) is 25.9 Å². The van der Waals surface area contributed by atoms with Crippen molar-refractivity contribution in [2.75, 3.05) is 6.61 Å². The summed E-state index contributed by atoms with van der Waals surface area (Å²) in [5, 5.41) is 8.60. The third-order valence-electron chi connectivity index (χ3n) is 1.84. The predicted molar refractivity (Wildman–Crippen MR) is 53.2 cm³/mol. The van der Waals surface area contributed by atoms with Crippen molar-refractivity contribution in [2.24, 2.45) is 0 Å². The Bertz CT molecular complexity index is 324. The van der Waals surface area contributed by atoms with Crippen molar-refractivity contribution >= 4 is 0 Å². The SMILES string of the molecule is CC(C)Oc1ccccc1C(F)(F)CO. The summed E-state index contributed by atoms with van der Waals surface area (Å²) in [7, 11) is 0. The summed E-state index contributed by atoms with van der Waals surface area (Å²) in [6.45, 7) is 2.30. The first-order valence-corrected chi connectivity index (χ1v) is 4.72. The third-order valence-corrected chi connectivity index (χ3v) is 1.84. The van der Waals surface area contributed by atoms with Crippen LogP contribution in [-0.4, -0.2) is 17.8 Å². The average Bonchev–Trinajstić information content (AvgIpc) is 2.17. The monoisotopic (exact) mass is 216 g/mol. The molecule has 0 bridgehead atoms. The molecule has 1 rings (SSSR count). The number of aliphatic hydroxyl groups excluding tert-OH is 1. The lowest BCUT2D eigenvalue weighted by molar-refractivity contribution is -0.0578. The summed E-state index contributed by atoms with van der Waals surface area (Å²) in [6, 6.07) is 5.84. The zero-order valence-electron chi connectivity index (χ0n) is 8.71. The molecular weight excluding hydrogens is 202 g/mol. The van der Waals surface area contributed by atoms with E-state index in [0.717, 1.165) is 0 Å². The van der Waals surface area contributed by atoms with E-state index in [1.165, 1.54) is 18.2 Å². The highest BCUT2D eigenvalue weighted by Gasteiger charge is 2.33. The maximum atomic E-state index is 13.3. The minimum Gasteiger partial charge on any atom is -0.490 e. The van der Waals surface area contributed by atoms with E-state index in [4.69, 9.17) is 9.84 Å². The first-order valence-electron chi connectivity index (χ1n) is 4.72. The Labute approximate surface area is 87.5 Å². The zero-order chi connectivity index (χ0) is 11.5. The van der Waals surface area contributed by atoms with Crippen molar-refractivity contribution in [1.29, 1.82) is 0 Å². The second kappa shape index (κ2) is 4.57. The van der Waals surface area contributed by atoms with Crippen LogP contribution in [0.5, 0.6) is 5.75 Å². The number of ether oxygens (including phenoxy) is 1. The fraction of sp³-hybridized carbons (Fsp3) is 0.455. The maximum absolute atomic E-state index is 13.3. The van der Waals surface area contributed by atoms with E-state index in [9.17, 15) is 8.78 Å². The lowest BCUT2D eigenvalue weighted by Gasteiger charge is -2.19. The summed E-state index contributed by atoms with van der Waals surface area (Å²) in [5.74, 6) is -3.14. The molecule has 0 amide bonds. The lowest BCUT2D eigenvalue weighted by Crippen LogP contribution is -2.20. The molecule has 0 atom stereocenters. The Morgan fingerprint density at radius 2 is 1.93 bits per heavy atom. The van der Waals surface area contributed by atoms with Crippen molar-refractivity contribution < 1.29 is 18.6 Å². The second-order valence-electron chi connectivity index (χ2n) is 3.53. The van der Waals surface area contributed by atoms with Crippen LogP contribution in [0.3, 0.4) is 0 Å². The topological polar surface area (TPSA) is 29.5 Å². The molecule has 0 aliphatic heterocycles. The number of hydrogen-bond acceptors (Lipinski definition) is 2. The number of halogens is 2. The summed E-state index contributed by atoms with van der Waals surface area (Å²) in [6.07, 6.45) is -0.180. The second-order valence-corrected chi connectivity index (χ2v) is 3.53. The number of hydrogen-bond donors (Lipinski definition) is 1. The van der Waals surface area contributed by atoms with E-state index in [1.807, 2.05) is 0 Å². The van der Waals surface area contributed by atoms with Gasteiger partial charge in [-0.3, -0.25) is 0 Å². The Morgan fingerprint density at radius 1 is 1.33 bits per heavy atom. The van der Waals surface area contributed by atoms with Crippen molar-refractivity contribution in [1.82, 2.24) is 0 Å². The van der Waals surface area contributed by atoms with Gasteiger partial charge < -0.3 is 9.84 Å². The highest BCUT2D eigenvalue weighted by molar-refractivity contribution is 5.36. The van der Waals surface area contributed by atoms with E-state index in [0.29, 0.717) is 0 Å². The van der Waals surface area contributed by atoms with E-state index >= 15 is 0 Å². The van der Waals surface area contributed by atoms with Gasteiger partial charge in [0, 0.05) is 0 Å². The minimum atomic E-state index is -3.26. The van der Waals surface area contributed by atoms with Gasteiger partial charge in [-0.2, -0.15) is 8.78 Å². The average molecular weight is 216 g/mol. The third kappa shape index (κ3) is 2.89. The highest BCUT2D eigenvalue weighted by Crippen LogP contribution is 2.34. The van der Waals surface area contributed by atoms with Crippen LogP contribution >= 0.6 is 0 Å². The minimum absolute atomic E-state index is 0.117. The molecule has 0 saturated carbocycles. The molecule has 0 fully saturated rings. The normalized spacial score (nSPS) is 11.9. The van der Waals surface area contributed by atoms with Crippen LogP contribution in [0, 0.1) is 0 Å². The van der Waals surface area contributed by atoms with E-state index in [2.05, 4.69) is 0 Å². The van der Waals surface area contributed by atoms with Gasteiger partial charge >= 0.3 is 0 Å². The molecule has 0 saturated heterocycles. The summed E-state index contributed by atoms with van der Waals surface area (Å²) >= 11 is 0. The Kier molecular flexibility index (Phi) is 3.63. The quantitative estimate of drug-likeness (QED) is 0.838. The fourth-order valence-electron chi connectivity index (χ4n) is 1.21. The largest absolute Gasteiger partial charge is 0.490 e. The van der Waals surface area contributed by atoms with Crippen molar-refractivity contribution in [3.05, 3.63) is 29.8 Å². The van der Waals surface area contributed by atoms with Crippen LogP contribution < -0.4 is 4.74 Å². The van der Waals surface area contributed by atoms with Crippen LogP contribution in [0.4, 0.5) is 8.78 Å². The molecule has 0 spiro atoms. The van der Waals surface area contributed by atoms with Gasteiger partial charge in [-0.25, -0.2) is 0 Å². The highest BCUT2D eigenvalue weighted by atomic mass is 19.3. The van der Waals surface area contributed by atoms with E-state index in [1.54, 1.807) is 19.9 Å². The van der Waals surface area contributed by atoms with Gasteiger partial charge in [0.05, 0.1) is 11.7 Å². The van der Waals surface area contributed by atoms with Gasteiger partial charge in [-0.1, -0.05) is 12.1 Å².